The molecule has 2 aromatic carbocycles. The van der Waals surface area contributed by atoms with Gasteiger partial charge in [0.2, 0.25) is 0 Å². The number of para-hydroxylation sites is 1. The van der Waals surface area contributed by atoms with Crippen molar-refractivity contribution in [3.63, 3.8) is 0 Å². The molecular formula is C20H22ClFN2O2. The van der Waals surface area contributed by atoms with Crippen molar-refractivity contribution < 1.29 is 13.9 Å². The number of likely N-dealkylation sites (tertiary alicyclic amines) is 1. The highest BCUT2D eigenvalue weighted by atomic mass is 35.5. The van der Waals surface area contributed by atoms with Gasteiger partial charge in [0, 0.05) is 31.2 Å². The largest absolute Gasteiger partial charge is 0.496 e. The minimum atomic E-state index is -0.448. The minimum Gasteiger partial charge on any atom is -0.496 e. The summed E-state index contributed by atoms with van der Waals surface area (Å²) < 4.78 is 18.5. The maximum atomic E-state index is 13.1. The molecular weight excluding hydrogens is 355 g/mol. The van der Waals surface area contributed by atoms with Gasteiger partial charge in [-0.3, -0.25) is 9.69 Å². The highest BCUT2D eigenvalue weighted by Crippen LogP contribution is 2.22. The molecule has 0 aromatic heterocycles. The van der Waals surface area contributed by atoms with Crippen molar-refractivity contribution in [3.05, 3.63) is 64.4 Å². The van der Waals surface area contributed by atoms with Crippen molar-refractivity contribution in [2.75, 3.05) is 20.2 Å². The Kier molecular flexibility index (Phi) is 6.12. The molecule has 0 aliphatic carbocycles. The van der Waals surface area contributed by atoms with E-state index in [2.05, 4.69) is 16.3 Å². The molecule has 138 valence electrons. The molecule has 0 unspecified atom stereocenters. The molecule has 4 nitrogen and oxygen atoms in total. The number of hydrogen-bond acceptors (Lipinski definition) is 3. The van der Waals surface area contributed by atoms with Crippen LogP contribution in [0.3, 0.4) is 0 Å². The Hall–Kier alpha value is -2.11. The van der Waals surface area contributed by atoms with Crippen molar-refractivity contribution >= 4 is 17.5 Å². The Morgan fingerprint density at radius 2 is 2.00 bits per heavy atom. The highest BCUT2D eigenvalue weighted by Gasteiger charge is 2.22. The van der Waals surface area contributed by atoms with Gasteiger partial charge in [0.05, 0.1) is 17.7 Å². The van der Waals surface area contributed by atoms with Gasteiger partial charge in [0.25, 0.3) is 5.91 Å². The maximum Gasteiger partial charge on any atom is 0.253 e. The summed E-state index contributed by atoms with van der Waals surface area (Å²) in [6.07, 6.45) is 1.72. The molecule has 2 aromatic rings. The van der Waals surface area contributed by atoms with E-state index in [9.17, 15) is 9.18 Å². The molecule has 1 N–H and O–H groups in total. The van der Waals surface area contributed by atoms with Gasteiger partial charge in [-0.25, -0.2) is 4.39 Å². The fourth-order valence-electron chi connectivity index (χ4n) is 3.25. The van der Waals surface area contributed by atoms with Gasteiger partial charge in [-0.05, 0) is 37.1 Å². The molecule has 1 fully saturated rings. The van der Waals surface area contributed by atoms with Crippen LogP contribution in [0.5, 0.6) is 5.75 Å². The first kappa shape index (κ1) is 18.7. The predicted molar refractivity (Wildman–Crippen MR) is 100 cm³/mol. The normalized spacial score (nSPS) is 15.7. The van der Waals surface area contributed by atoms with Gasteiger partial charge >= 0.3 is 0 Å². The number of nitrogens with one attached hydrogen (secondary N) is 1. The van der Waals surface area contributed by atoms with Crippen LogP contribution >= 0.6 is 11.6 Å². The zero-order valence-electron chi connectivity index (χ0n) is 14.7. The van der Waals surface area contributed by atoms with Gasteiger partial charge in [0.1, 0.15) is 11.6 Å². The number of methoxy groups -OCH3 is 1. The number of piperidine rings is 1. The summed E-state index contributed by atoms with van der Waals surface area (Å²) in [5.74, 6) is 0.197. The third-order valence-electron chi connectivity index (χ3n) is 4.69. The molecule has 26 heavy (non-hydrogen) atoms. The highest BCUT2D eigenvalue weighted by molar-refractivity contribution is 6.33. The number of ether oxygens (including phenoxy) is 1. The summed E-state index contributed by atoms with van der Waals surface area (Å²) in [7, 11) is 1.68. The minimum absolute atomic E-state index is 0.0949. The Labute approximate surface area is 157 Å². The molecule has 1 aliphatic heterocycles. The summed E-state index contributed by atoms with van der Waals surface area (Å²) >= 11 is 5.96. The fourth-order valence-corrected chi connectivity index (χ4v) is 3.50. The standard InChI is InChI=1S/C20H22ClFN2O2/c1-26-19-5-3-2-4-14(19)13-24-10-8-16(9-11-24)23-20(25)17-7-6-15(22)12-18(17)21/h2-7,12,16H,8-11,13H2,1H3,(H,23,25). The van der Waals surface area contributed by atoms with E-state index >= 15 is 0 Å². The van der Waals surface area contributed by atoms with Crippen molar-refractivity contribution in [2.45, 2.75) is 25.4 Å². The monoisotopic (exact) mass is 376 g/mol. The van der Waals surface area contributed by atoms with Gasteiger partial charge in [-0.1, -0.05) is 29.8 Å². The van der Waals surface area contributed by atoms with Crippen molar-refractivity contribution in [1.82, 2.24) is 10.2 Å². The second kappa shape index (κ2) is 8.52. The van der Waals surface area contributed by atoms with Gasteiger partial charge in [-0.2, -0.15) is 0 Å². The second-order valence-electron chi connectivity index (χ2n) is 6.46. The zero-order valence-corrected chi connectivity index (χ0v) is 15.4. The SMILES string of the molecule is COc1ccccc1CN1CCC(NC(=O)c2ccc(F)cc2Cl)CC1. The molecule has 1 saturated heterocycles. The van der Waals surface area contributed by atoms with Crippen LogP contribution in [0.2, 0.25) is 5.02 Å². The van der Waals surface area contributed by atoms with Crippen LogP contribution in [0.25, 0.3) is 0 Å². The lowest BCUT2D eigenvalue weighted by atomic mass is 10.0. The van der Waals surface area contributed by atoms with Crippen LogP contribution in [0.15, 0.2) is 42.5 Å². The third-order valence-corrected chi connectivity index (χ3v) is 5.00. The summed E-state index contributed by atoms with van der Waals surface area (Å²) in [4.78, 5) is 14.7. The van der Waals surface area contributed by atoms with E-state index in [1.54, 1.807) is 7.11 Å². The Bertz CT molecular complexity index is 776. The number of halogens is 2. The predicted octanol–water partition coefficient (Wildman–Crippen LogP) is 3.88. The number of benzene rings is 2. The quantitative estimate of drug-likeness (QED) is 0.861. The number of amides is 1. The lowest BCUT2D eigenvalue weighted by molar-refractivity contribution is 0.0909. The van der Waals surface area contributed by atoms with Crippen LogP contribution in [-0.4, -0.2) is 37.0 Å². The molecule has 0 atom stereocenters. The summed E-state index contributed by atoms with van der Waals surface area (Å²) in [6, 6.07) is 11.9. The van der Waals surface area contributed by atoms with E-state index < -0.39 is 5.82 Å². The molecule has 0 radical (unpaired) electrons. The van der Waals surface area contributed by atoms with Crippen LogP contribution in [0.4, 0.5) is 4.39 Å². The average Bonchev–Trinajstić information content (AvgIpc) is 2.63. The van der Waals surface area contributed by atoms with Crippen LogP contribution in [-0.2, 0) is 6.54 Å². The molecule has 0 bridgehead atoms. The van der Waals surface area contributed by atoms with Gasteiger partial charge < -0.3 is 10.1 Å². The van der Waals surface area contributed by atoms with E-state index in [0.29, 0.717) is 5.56 Å². The molecule has 1 heterocycles. The van der Waals surface area contributed by atoms with Crippen molar-refractivity contribution in [3.8, 4) is 5.75 Å². The van der Waals surface area contributed by atoms with Crippen molar-refractivity contribution in [1.29, 1.82) is 0 Å². The molecule has 1 amide bonds. The zero-order chi connectivity index (χ0) is 18.5. The van der Waals surface area contributed by atoms with Crippen LogP contribution in [0.1, 0.15) is 28.8 Å². The van der Waals surface area contributed by atoms with E-state index in [-0.39, 0.29) is 17.0 Å². The van der Waals surface area contributed by atoms with E-state index in [4.69, 9.17) is 16.3 Å². The molecule has 3 rings (SSSR count). The fraction of sp³-hybridized carbons (Fsp3) is 0.350. The Morgan fingerprint density at radius 3 is 2.69 bits per heavy atom. The molecule has 0 spiro atoms. The molecule has 1 aliphatic rings. The first-order valence-corrected chi connectivity index (χ1v) is 9.05. The van der Waals surface area contributed by atoms with Crippen molar-refractivity contribution in [2.24, 2.45) is 0 Å². The Morgan fingerprint density at radius 1 is 1.27 bits per heavy atom. The maximum absolute atomic E-state index is 13.1. The molecule has 6 heteroatoms. The summed E-state index contributed by atoms with van der Waals surface area (Å²) in [6.45, 7) is 2.61. The van der Waals surface area contributed by atoms with Gasteiger partial charge in [-0.15, -0.1) is 0 Å². The van der Waals surface area contributed by atoms with E-state index in [1.165, 1.54) is 12.1 Å². The van der Waals surface area contributed by atoms with E-state index in [0.717, 1.165) is 49.9 Å². The number of nitrogens with zero attached hydrogens (tertiary/aromatic N) is 1. The average molecular weight is 377 g/mol. The third kappa shape index (κ3) is 4.54. The second-order valence-corrected chi connectivity index (χ2v) is 6.87. The summed E-state index contributed by atoms with van der Waals surface area (Å²) in [5.41, 5.74) is 1.47. The summed E-state index contributed by atoms with van der Waals surface area (Å²) in [5, 5.41) is 3.14. The lowest BCUT2D eigenvalue weighted by Gasteiger charge is -2.32. The van der Waals surface area contributed by atoms with Gasteiger partial charge in [0.15, 0.2) is 0 Å². The number of carbonyl (C=O) groups excluding carboxylic acids is 1. The smallest absolute Gasteiger partial charge is 0.253 e. The number of hydrogen-bond donors (Lipinski definition) is 1. The number of carbonyl (C=O) groups is 1. The van der Waals surface area contributed by atoms with Crippen LogP contribution in [0, 0.1) is 5.82 Å². The van der Waals surface area contributed by atoms with Crippen LogP contribution < -0.4 is 10.1 Å². The molecule has 0 saturated carbocycles. The number of rotatable bonds is 5. The first-order valence-electron chi connectivity index (χ1n) is 8.67. The van der Waals surface area contributed by atoms with E-state index in [1.807, 2.05) is 18.2 Å². The first-order chi connectivity index (χ1) is 12.6. The topological polar surface area (TPSA) is 41.6 Å². The lowest BCUT2D eigenvalue weighted by Crippen LogP contribution is -2.44. The Balaban J connectivity index is 1.53.